The summed E-state index contributed by atoms with van der Waals surface area (Å²) in [5, 5.41) is 3.22. The number of rotatable bonds is 1. The Morgan fingerprint density at radius 2 is 1.87 bits per heavy atom. The van der Waals surface area contributed by atoms with Gasteiger partial charge in [0.05, 0.1) is 0 Å². The first-order valence-corrected chi connectivity index (χ1v) is 5.50. The highest BCUT2D eigenvalue weighted by molar-refractivity contribution is 5.97. The molecule has 0 atom stereocenters. The third-order valence-electron chi connectivity index (χ3n) is 2.69. The summed E-state index contributed by atoms with van der Waals surface area (Å²) in [6.45, 7) is 7.69. The Morgan fingerprint density at radius 3 is 2.33 bits per heavy atom. The molecule has 0 aliphatic carbocycles. The zero-order valence-electron chi connectivity index (χ0n) is 9.84. The van der Waals surface area contributed by atoms with Crippen molar-refractivity contribution in [2.45, 2.75) is 33.6 Å². The molecular formula is C11H21N3O. The molecule has 0 unspecified atom stereocenters. The number of carbonyl (C=O) groups is 1. The lowest BCUT2D eigenvalue weighted by Gasteiger charge is -2.21. The Bertz CT molecular complexity index is 259. The highest BCUT2D eigenvalue weighted by Crippen LogP contribution is 2.17. The summed E-state index contributed by atoms with van der Waals surface area (Å²) >= 11 is 0. The molecule has 0 aromatic rings. The van der Waals surface area contributed by atoms with Crippen molar-refractivity contribution in [2.24, 2.45) is 22.1 Å². The van der Waals surface area contributed by atoms with Crippen LogP contribution in [0.15, 0.2) is 4.99 Å². The Labute approximate surface area is 91.3 Å². The molecule has 0 radical (unpaired) electrons. The summed E-state index contributed by atoms with van der Waals surface area (Å²) in [4.78, 5) is 15.8. The van der Waals surface area contributed by atoms with Gasteiger partial charge in [0.2, 0.25) is 0 Å². The van der Waals surface area contributed by atoms with Crippen molar-refractivity contribution in [3.05, 3.63) is 0 Å². The van der Waals surface area contributed by atoms with Gasteiger partial charge < -0.3 is 11.1 Å². The minimum absolute atomic E-state index is 0.0519. The molecule has 86 valence electrons. The van der Waals surface area contributed by atoms with Gasteiger partial charge in [-0.15, -0.1) is 0 Å². The summed E-state index contributed by atoms with van der Waals surface area (Å²) in [5.74, 6) is 0.446. The van der Waals surface area contributed by atoms with Crippen LogP contribution in [-0.2, 0) is 4.79 Å². The Morgan fingerprint density at radius 1 is 1.33 bits per heavy atom. The largest absolute Gasteiger partial charge is 0.387 e. The Kier molecular flexibility index (Phi) is 3.85. The number of carbonyl (C=O) groups excluding carboxylic acids is 1. The molecule has 4 heteroatoms. The van der Waals surface area contributed by atoms with E-state index in [4.69, 9.17) is 5.73 Å². The van der Waals surface area contributed by atoms with Gasteiger partial charge in [0.1, 0.15) is 5.84 Å². The van der Waals surface area contributed by atoms with Crippen LogP contribution in [0.2, 0.25) is 0 Å². The van der Waals surface area contributed by atoms with Gasteiger partial charge in [-0.3, -0.25) is 4.79 Å². The van der Waals surface area contributed by atoms with Crippen LogP contribution in [0, 0.1) is 11.3 Å². The van der Waals surface area contributed by atoms with Crippen molar-refractivity contribution in [2.75, 3.05) is 13.1 Å². The number of aliphatic imine (C=N–C) groups is 1. The van der Waals surface area contributed by atoms with Gasteiger partial charge in [0.15, 0.2) is 0 Å². The van der Waals surface area contributed by atoms with Crippen molar-refractivity contribution in [3.63, 3.8) is 0 Å². The molecule has 1 fully saturated rings. The van der Waals surface area contributed by atoms with E-state index >= 15 is 0 Å². The number of nitrogens with one attached hydrogen (secondary N) is 1. The lowest BCUT2D eigenvalue weighted by atomic mass is 9.94. The maximum Gasteiger partial charge on any atom is 0.250 e. The molecule has 1 rings (SSSR count). The average Bonchev–Trinajstić information content (AvgIpc) is 2.17. The SMILES string of the molecule is CC(C)(C)C(N)=NC(=O)C1CCNCC1. The van der Waals surface area contributed by atoms with Crippen molar-refractivity contribution >= 4 is 11.7 Å². The molecule has 1 aliphatic rings. The fourth-order valence-corrected chi connectivity index (χ4v) is 1.45. The van der Waals surface area contributed by atoms with Crippen molar-refractivity contribution < 1.29 is 4.79 Å². The van der Waals surface area contributed by atoms with E-state index in [1.807, 2.05) is 20.8 Å². The maximum absolute atomic E-state index is 11.8. The van der Waals surface area contributed by atoms with Crippen LogP contribution in [0.5, 0.6) is 0 Å². The predicted octanol–water partition coefficient (Wildman–Crippen LogP) is 0.916. The molecule has 3 N–H and O–H groups in total. The van der Waals surface area contributed by atoms with Crippen LogP contribution in [0.4, 0.5) is 0 Å². The molecule has 15 heavy (non-hydrogen) atoms. The molecule has 1 saturated heterocycles. The van der Waals surface area contributed by atoms with Crippen LogP contribution in [-0.4, -0.2) is 24.8 Å². The van der Waals surface area contributed by atoms with E-state index in [1.54, 1.807) is 0 Å². The molecular weight excluding hydrogens is 190 g/mol. The molecule has 4 nitrogen and oxygen atoms in total. The van der Waals surface area contributed by atoms with Gasteiger partial charge in [-0.05, 0) is 25.9 Å². The summed E-state index contributed by atoms with van der Waals surface area (Å²) in [6, 6.07) is 0. The second kappa shape index (κ2) is 4.75. The number of piperidine rings is 1. The van der Waals surface area contributed by atoms with E-state index in [0.717, 1.165) is 25.9 Å². The maximum atomic E-state index is 11.8. The fourth-order valence-electron chi connectivity index (χ4n) is 1.45. The van der Waals surface area contributed by atoms with E-state index in [-0.39, 0.29) is 17.2 Å². The topological polar surface area (TPSA) is 67.5 Å². The number of nitrogens with zero attached hydrogens (tertiary/aromatic N) is 1. The van der Waals surface area contributed by atoms with Crippen LogP contribution in [0.3, 0.4) is 0 Å². The van der Waals surface area contributed by atoms with Gasteiger partial charge in [-0.2, -0.15) is 4.99 Å². The average molecular weight is 211 g/mol. The lowest BCUT2D eigenvalue weighted by molar-refractivity contribution is -0.122. The molecule has 1 amide bonds. The molecule has 1 aliphatic heterocycles. The highest BCUT2D eigenvalue weighted by atomic mass is 16.1. The highest BCUT2D eigenvalue weighted by Gasteiger charge is 2.23. The van der Waals surface area contributed by atoms with Crippen molar-refractivity contribution in [1.29, 1.82) is 0 Å². The van der Waals surface area contributed by atoms with Crippen molar-refractivity contribution in [1.82, 2.24) is 5.32 Å². The minimum Gasteiger partial charge on any atom is -0.387 e. The Hall–Kier alpha value is -0.900. The van der Waals surface area contributed by atoms with Crippen molar-refractivity contribution in [3.8, 4) is 0 Å². The Balaban J connectivity index is 2.60. The summed E-state index contributed by atoms with van der Waals surface area (Å²) < 4.78 is 0. The van der Waals surface area contributed by atoms with E-state index in [9.17, 15) is 4.79 Å². The van der Waals surface area contributed by atoms with Gasteiger partial charge in [-0.25, -0.2) is 0 Å². The summed E-state index contributed by atoms with van der Waals surface area (Å²) in [5.41, 5.74) is 5.55. The third kappa shape index (κ3) is 3.63. The minimum atomic E-state index is -0.220. The monoisotopic (exact) mass is 211 g/mol. The van der Waals surface area contributed by atoms with Crippen LogP contribution in [0.1, 0.15) is 33.6 Å². The standard InChI is InChI=1S/C11H21N3O/c1-11(2,3)10(12)14-9(15)8-4-6-13-7-5-8/h8,13H,4-7H2,1-3H3,(H2,12,14,15). The molecule has 0 saturated carbocycles. The third-order valence-corrected chi connectivity index (χ3v) is 2.69. The van der Waals surface area contributed by atoms with Gasteiger partial charge >= 0.3 is 0 Å². The van der Waals surface area contributed by atoms with E-state index in [0.29, 0.717) is 5.84 Å². The number of nitrogens with two attached hydrogens (primary N) is 1. The van der Waals surface area contributed by atoms with E-state index < -0.39 is 0 Å². The first-order chi connectivity index (χ1) is 6.91. The second-order valence-corrected chi connectivity index (χ2v) is 5.11. The number of hydrogen-bond donors (Lipinski definition) is 2. The van der Waals surface area contributed by atoms with Gasteiger partial charge in [-0.1, -0.05) is 20.8 Å². The van der Waals surface area contributed by atoms with Crippen LogP contribution < -0.4 is 11.1 Å². The first kappa shape index (κ1) is 12.2. The lowest BCUT2D eigenvalue weighted by Crippen LogP contribution is -2.34. The van der Waals surface area contributed by atoms with E-state index in [1.165, 1.54) is 0 Å². The fraction of sp³-hybridized carbons (Fsp3) is 0.818. The zero-order chi connectivity index (χ0) is 11.5. The molecule has 0 spiro atoms. The summed E-state index contributed by atoms with van der Waals surface area (Å²) in [6.07, 6.45) is 1.75. The van der Waals surface area contributed by atoms with Gasteiger partial charge in [0, 0.05) is 11.3 Å². The van der Waals surface area contributed by atoms with Gasteiger partial charge in [0.25, 0.3) is 5.91 Å². The normalized spacial score (nSPS) is 20.3. The molecule has 0 aromatic heterocycles. The summed E-state index contributed by atoms with van der Waals surface area (Å²) in [7, 11) is 0. The number of amidine groups is 1. The predicted molar refractivity (Wildman–Crippen MR) is 61.7 cm³/mol. The zero-order valence-corrected chi connectivity index (χ0v) is 9.84. The smallest absolute Gasteiger partial charge is 0.250 e. The first-order valence-electron chi connectivity index (χ1n) is 5.50. The van der Waals surface area contributed by atoms with Crippen LogP contribution in [0.25, 0.3) is 0 Å². The second-order valence-electron chi connectivity index (χ2n) is 5.11. The molecule has 0 aromatic carbocycles. The quantitative estimate of drug-likeness (QED) is 0.500. The molecule has 1 heterocycles. The van der Waals surface area contributed by atoms with Crippen LogP contribution >= 0.6 is 0 Å². The molecule has 0 bridgehead atoms. The van der Waals surface area contributed by atoms with E-state index in [2.05, 4.69) is 10.3 Å². The number of amides is 1. The number of hydrogen-bond acceptors (Lipinski definition) is 2.